The highest BCUT2D eigenvalue weighted by Crippen LogP contribution is 2.26. The van der Waals surface area contributed by atoms with Gasteiger partial charge in [0.25, 0.3) is 5.91 Å². The van der Waals surface area contributed by atoms with E-state index in [1.165, 1.54) is 0 Å². The molecule has 1 amide bonds. The van der Waals surface area contributed by atoms with Gasteiger partial charge in [-0.3, -0.25) is 9.78 Å². The monoisotopic (exact) mass is 297 g/mol. The van der Waals surface area contributed by atoms with Crippen LogP contribution in [0.1, 0.15) is 23.4 Å². The highest BCUT2D eigenvalue weighted by molar-refractivity contribution is 5.93. The van der Waals surface area contributed by atoms with Crippen molar-refractivity contribution in [2.24, 2.45) is 0 Å². The Morgan fingerprint density at radius 2 is 2.05 bits per heavy atom. The average Bonchev–Trinajstić information content (AvgIpc) is 2.88. The van der Waals surface area contributed by atoms with Gasteiger partial charge in [0, 0.05) is 55.7 Å². The Balaban J connectivity index is 1.57. The number of carbonyl (C=O) groups is 1. The number of pyridine rings is 1. The van der Waals surface area contributed by atoms with Crippen molar-refractivity contribution in [1.82, 2.24) is 14.8 Å². The van der Waals surface area contributed by atoms with Crippen molar-refractivity contribution in [3.8, 4) is 11.1 Å². The van der Waals surface area contributed by atoms with Crippen LogP contribution in [0.5, 0.6) is 0 Å². The predicted molar refractivity (Wildman–Crippen MR) is 82.4 cm³/mol. The molecule has 3 aliphatic rings. The van der Waals surface area contributed by atoms with Gasteiger partial charge in [-0.2, -0.15) is 0 Å². The zero-order chi connectivity index (χ0) is 14.9. The number of amides is 1. The van der Waals surface area contributed by atoms with Crippen molar-refractivity contribution >= 4 is 5.91 Å². The molecule has 5 nitrogen and oxygen atoms in total. The number of furan rings is 1. The van der Waals surface area contributed by atoms with Gasteiger partial charge in [0.1, 0.15) is 0 Å². The topological polar surface area (TPSA) is 49.6 Å². The molecule has 0 aromatic carbocycles. The second-order valence-electron chi connectivity index (χ2n) is 6.01. The molecule has 5 heterocycles. The molecular formula is C17H19N3O2. The van der Waals surface area contributed by atoms with Crippen molar-refractivity contribution in [3.05, 3.63) is 42.6 Å². The molecule has 2 bridgehead atoms. The van der Waals surface area contributed by atoms with E-state index in [1.54, 1.807) is 18.7 Å². The fourth-order valence-corrected chi connectivity index (χ4v) is 3.43. The lowest BCUT2D eigenvalue weighted by Crippen LogP contribution is -2.41. The Kier molecular flexibility index (Phi) is 3.42. The largest absolute Gasteiger partial charge is 0.459 e. The highest BCUT2D eigenvalue weighted by Gasteiger charge is 2.33. The lowest BCUT2D eigenvalue weighted by Gasteiger charge is -2.30. The molecule has 5 heteroatoms. The van der Waals surface area contributed by atoms with Crippen molar-refractivity contribution in [2.75, 3.05) is 26.2 Å². The Morgan fingerprint density at radius 1 is 1.18 bits per heavy atom. The van der Waals surface area contributed by atoms with Crippen LogP contribution in [-0.4, -0.2) is 52.9 Å². The Bertz CT molecular complexity index is 660. The van der Waals surface area contributed by atoms with Gasteiger partial charge in [0.05, 0.1) is 6.26 Å². The number of nitrogens with zero attached hydrogens (tertiary/aromatic N) is 3. The van der Waals surface area contributed by atoms with E-state index in [0.717, 1.165) is 50.1 Å². The summed E-state index contributed by atoms with van der Waals surface area (Å²) in [5.74, 6) is 0.447. The molecule has 0 saturated carbocycles. The fourth-order valence-electron chi connectivity index (χ4n) is 3.43. The van der Waals surface area contributed by atoms with Gasteiger partial charge < -0.3 is 14.2 Å². The van der Waals surface area contributed by atoms with Crippen LogP contribution in [-0.2, 0) is 0 Å². The molecule has 3 fully saturated rings. The standard InChI is InChI=1S/C17H19N3O2/c21-17(20-9-8-19-6-3-15(20)4-7-19)16-10-14(12-22-16)13-2-1-5-18-11-13/h1-2,5,10-12,15H,3-4,6-9H2. The maximum Gasteiger partial charge on any atom is 0.289 e. The van der Waals surface area contributed by atoms with Gasteiger partial charge in [-0.15, -0.1) is 0 Å². The zero-order valence-electron chi connectivity index (χ0n) is 12.4. The van der Waals surface area contributed by atoms with Gasteiger partial charge in [-0.05, 0) is 25.0 Å². The zero-order valence-corrected chi connectivity index (χ0v) is 12.4. The minimum atomic E-state index is 0.0175. The second kappa shape index (κ2) is 5.57. The molecule has 0 aliphatic carbocycles. The third kappa shape index (κ3) is 2.41. The van der Waals surface area contributed by atoms with Crippen molar-refractivity contribution in [1.29, 1.82) is 0 Å². The van der Waals surface area contributed by atoms with Crippen LogP contribution in [0.3, 0.4) is 0 Å². The van der Waals surface area contributed by atoms with Crippen molar-refractivity contribution < 1.29 is 9.21 Å². The molecule has 0 unspecified atom stereocenters. The van der Waals surface area contributed by atoms with Gasteiger partial charge in [-0.1, -0.05) is 6.07 Å². The smallest absolute Gasteiger partial charge is 0.289 e. The van der Waals surface area contributed by atoms with E-state index in [9.17, 15) is 4.79 Å². The lowest BCUT2D eigenvalue weighted by atomic mass is 10.0. The molecular weight excluding hydrogens is 278 g/mol. The van der Waals surface area contributed by atoms with E-state index in [4.69, 9.17) is 4.42 Å². The molecule has 3 saturated heterocycles. The average molecular weight is 297 g/mol. The summed E-state index contributed by atoms with van der Waals surface area (Å²) in [7, 11) is 0. The number of piperidine rings is 1. The quantitative estimate of drug-likeness (QED) is 0.853. The maximum absolute atomic E-state index is 12.8. The molecule has 0 N–H and O–H groups in total. The van der Waals surface area contributed by atoms with Crippen LogP contribution >= 0.6 is 0 Å². The molecule has 5 rings (SSSR count). The molecule has 0 atom stereocenters. The van der Waals surface area contributed by atoms with Crippen molar-refractivity contribution in [3.63, 3.8) is 0 Å². The molecule has 3 aliphatic heterocycles. The van der Waals surface area contributed by atoms with E-state index in [1.807, 2.05) is 23.1 Å². The lowest BCUT2D eigenvalue weighted by molar-refractivity contribution is 0.0652. The minimum Gasteiger partial charge on any atom is -0.459 e. The van der Waals surface area contributed by atoms with Crippen LogP contribution in [0, 0.1) is 0 Å². The van der Waals surface area contributed by atoms with Gasteiger partial charge in [0.15, 0.2) is 5.76 Å². The van der Waals surface area contributed by atoms with E-state index >= 15 is 0 Å². The second-order valence-corrected chi connectivity index (χ2v) is 6.01. The summed E-state index contributed by atoms with van der Waals surface area (Å²) >= 11 is 0. The fraction of sp³-hybridized carbons (Fsp3) is 0.412. The molecule has 22 heavy (non-hydrogen) atoms. The number of aromatic nitrogens is 1. The van der Waals surface area contributed by atoms with Crippen LogP contribution < -0.4 is 0 Å². The van der Waals surface area contributed by atoms with Gasteiger partial charge in [0.2, 0.25) is 0 Å². The van der Waals surface area contributed by atoms with E-state index < -0.39 is 0 Å². The van der Waals surface area contributed by atoms with Crippen LogP contribution in [0.15, 0.2) is 41.3 Å². The highest BCUT2D eigenvalue weighted by atomic mass is 16.3. The summed E-state index contributed by atoms with van der Waals surface area (Å²) in [6.07, 6.45) is 7.30. The summed E-state index contributed by atoms with van der Waals surface area (Å²) < 4.78 is 5.55. The summed E-state index contributed by atoms with van der Waals surface area (Å²) in [6.45, 7) is 3.98. The van der Waals surface area contributed by atoms with Crippen LogP contribution in [0.4, 0.5) is 0 Å². The number of carbonyl (C=O) groups excluding carboxylic acids is 1. The first-order chi connectivity index (χ1) is 10.8. The SMILES string of the molecule is O=C(c1cc(-c2cccnc2)co1)N1CCN2CCC1CC2. The number of hydrogen-bond acceptors (Lipinski definition) is 4. The number of hydrogen-bond donors (Lipinski definition) is 0. The Hall–Kier alpha value is -2.14. The Labute approximate surface area is 129 Å². The third-order valence-electron chi connectivity index (χ3n) is 4.72. The molecule has 0 spiro atoms. The Morgan fingerprint density at radius 3 is 2.82 bits per heavy atom. The molecule has 2 aromatic rings. The van der Waals surface area contributed by atoms with E-state index in [-0.39, 0.29) is 5.91 Å². The first-order valence-corrected chi connectivity index (χ1v) is 7.83. The van der Waals surface area contributed by atoms with Crippen molar-refractivity contribution in [2.45, 2.75) is 18.9 Å². The molecule has 0 radical (unpaired) electrons. The van der Waals surface area contributed by atoms with Gasteiger partial charge in [-0.25, -0.2) is 0 Å². The third-order valence-corrected chi connectivity index (χ3v) is 4.72. The summed E-state index contributed by atoms with van der Waals surface area (Å²) in [4.78, 5) is 21.3. The summed E-state index contributed by atoms with van der Waals surface area (Å²) in [6, 6.07) is 6.04. The summed E-state index contributed by atoms with van der Waals surface area (Å²) in [5.41, 5.74) is 1.87. The van der Waals surface area contributed by atoms with E-state index in [2.05, 4.69) is 9.88 Å². The normalized spacial score (nSPS) is 24.3. The van der Waals surface area contributed by atoms with Crippen LogP contribution in [0.2, 0.25) is 0 Å². The molecule has 2 aromatic heterocycles. The van der Waals surface area contributed by atoms with Gasteiger partial charge >= 0.3 is 0 Å². The number of fused-ring (bicyclic) bond motifs is 4. The predicted octanol–water partition coefficient (Wildman–Crippen LogP) is 2.26. The van der Waals surface area contributed by atoms with E-state index in [0.29, 0.717) is 11.8 Å². The van der Waals surface area contributed by atoms with Crippen LogP contribution in [0.25, 0.3) is 11.1 Å². The number of rotatable bonds is 2. The minimum absolute atomic E-state index is 0.0175. The maximum atomic E-state index is 12.8. The first-order valence-electron chi connectivity index (χ1n) is 7.83. The molecule has 114 valence electrons. The first kappa shape index (κ1) is 13.5. The summed E-state index contributed by atoms with van der Waals surface area (Å²) in [5, 5.41) is 0.